The standard InChI is InChI=1S/C81H128O17P2/c1-5-9-13-17-21-25-29-33-36-37-40-43-46-50-54-58-62-66-79(84)92-71-76(97-80(85)67-63-59-55-51-47-41-32-28-24-20-16-12-8-4)73-95-99(87,88)93-69-75(82)70-94-100(89,90)96-74-77(98-81(86)68-64-60-56-52-48-44-39-35-31-27-23-19-15-11-7-3)72-91-78(83)65-61-57-53-49-45-42-38-34-30-26-22-18-14-10-6-2/h9-11,13-15,21-23,25-27,33-36,38-40,43,45,48-50,52,54,57,60-61,64,75-77,82H,5-8,12,16-20,24,28-32,37,41-42,44,46-47,51,53,55-56,58-59,62-63,65-74H2,1-4H3,(H,87,88)(H,89,90)/b13-9-,14-10-,15-11-,25-21-,26-22-,27-23-,36-33-,38-34-,39-35-,43-40-,49-45-,52-48-,54-50-,61-57-,64-60-. The van der Waals surface area contributed by atoms with Crippen LogP contribution in [0.3, 0.4) is 0 Å². The van der Waals surface area contributed by atoms with Crippen molar-refractivity contribution < 1.29 is 80.2 Å². The van der Waals surface area contributed by atoms with Crippen molar-refractivity contribution in [2.75, 3.05) is 39.6 Å². The van der Waals surface area contributed by atoms with Gasteiger partial charge in [-0.15, -0.1) is 0 Å². The van der Waals surface area contributed by atoms with Crippen LogP contribution in [0.5, 0.6) is 0 Å². The van der Waals surface area contributed by atoms with Crippen LogP contribution in [-0.2, 0) is 65.4 Å². The molecule has 0 aliphatic carbocycles. The van der Waals surface area contributed by atoms with Crippen LogP contribution in [-0.4, -0.2) is 96.7 Å². The number of unbranched alkanes of at least 4 members (excludes halogenated alkanes) is 13. The van der Waals surface area contributed by atoms with Gasteiger partial charge in [-0.1, -0.05) is 287 Å². The minimum atomic E-state index is -5.03. The molecule has 100 heavy (non-hydrogen) atoms. The maximum absolute atomic E-state index is 13.1. The molecular formula is C81H128O17P2. The molecule has 3 N–H and O–H groups in total. The number of hydrogen-bond donors (Lipinski definition) is 3. The highest BCUT2D eigenvalue weighted by atomic mass is 31.2. The molecule has 0 aromatic heterocycles. The van der Waals surface area contributed by atoms with Gasteiger partial charge in [-0.2, -0.15) is 0 Å². The largest absolute Gasteiger partial charge is 0.472 e. The average molecular weight is 1440 g/mol. The molecule has 0 fully saturated rings. The van der Waals surface area contributed by atoms with Gasteiger partial charge in [-0.05, 0) is 116 Å². The number of rotatable bonds is 67. The van der Waals surface area contributed by atoms with E-state index in [4.69, 9.17) is 37.0 Å². The summed E-state index contributed by atoms with van der Waals surface area (Å²) in [7, 11) is -10.0. The summed E-state index contributed by atoms with van der Waals surface area (Å²) in [6.07, 6.45) is 85.4. The second-order valence-corrected chi connectivity index (χ2v) is 26.7. The molecule has 5 unspecified atom stereocenters. The van der Waals surface area contributed by atoms with Gasteiger partial charge in [0.15, 0.2) is 12.2 Å². The van der Waals surface area contributed by atoms with Gasteiger partial charge in [0.1, 0.15) is 19.3 Å². The molecule has 0 rings (SSSR count). The van der Waals surface area contributed by atoms with Gasteiger partial charge in [0.2, 0.25) is 0 Å². The predicted molar refractivity (Wildman–Crippen MR) is 408 cm³/mol. The van der Waals surface area contributed by atoms with Gasteiger partial charge in [0.25, 0.3) is 0 Å². The Morgan fingerprint density at radius 3 is 0.920 bits per heavy atom. The zero-order chi connectivity index (χ0) is 73.2. The minimum Gasteiger partial charge on any atom is -0.462 e. The predicted octanol–water partition coefficient (Wildman–Crippen LogP) is 21.2. The molecule has 17 nitrogen and oxygen atoms in total. The maximum Gasteiger partial charge on any atom is 0.472 e. The maximum atomic E-state index is 13.1. The van der Waals surface area contributed by atoms with Crippen LogP contribution in [0.2, 0.25) is 0 Å². The number of phosphoric ester groups is 2. The molecule has 0 spiro atoms. The first-order valence-electron chi connectivity index (χ1n) is 37.0. The second-order valence-electron chi connectivity index (χ2n) is 23.8. The number of allylic oxidation sites excluding steroid dienone is 28. The molecule has 19 heteroatoms. The Morgan fingerprint density at radius 1 is 0.300 bits per heavy atom. The van der Waals surface area contributed by atoms with Crippen molar-refractivity contribution in [3.05, 3.63) is 182 Å². The molecule has 0 aliphatic rings. The lowest BCUT2D eigenvalue weighted by Crippen LogP contribution is -2.30. The van der Waals surface area contributed by atoms with E-state index in [0.717, 1.165) is 109 Å². The Hall–Kier alpha value is -5.84. The molecule has 564 valence electrons. The van der Waals surface area contributed by atoms with E-state index in [1.54, 1.807) is 24.3 Å². The molecule has 5 atom stereocenters. The summed E-state index contributed by atoms with van der Waals surface area (Å²) >= 11 is 0. The molecular weight excluding hydrogens is 1310 g/mol. The lowest BCUT2D eigenvalue weighted by Gasteiger charge is -2.21. The number of ether oxygens (including phenoxy) is 4. The Balaban J connectivity index is 5.55. The fraction of sp³-hybridized carbons (Fsp3) is 0.580. The van der Waals surface area contributed by atoms with E-state index in [0.29, 0.717) is 32.1 Å². The van der Waals surface area contributed by atoms with Gasteiger partial charge in [0, 0.05) is 12.8 Å². The number of aliphatic hydroxyl groups excluding tert-OH is 1. The lowest BCUT2D eigenvalue weighted by atomic mass is 10.0. The Morgan fingerprint density at radius 2 is 0.570 bits per heavy atom. The van der Waals surface area contributed by atoms with Gasteiger partial charge in [-0.25, -0.2) is 9.13 Å². The first kappa shape index (κ1) is 94.2. The van der Waals surface area contributed by atoms with Crippen molar-refractivity contribution in [3.8, 4) is 0 Å². The highest BCUT2D eigenvalue weighted by Crippen LogP contribution is 2.45. The molecule has 0 amide bonds. The molecule has 0 aromatic rings. The van der Waals surface area contributed by atoms with E-state index in [-0.39, 0.29) is 25.7 Å². The van der Waals surface area contributed by atoms with Crippen molar-refractivity contribution in [1.82, 2.24) is 0 Å². The Labute approximate surface area is 603 Å². The third kappa shape index (κ3) is 70.6. The zero-order valence-corrected chi connectivity index (χ0v) is 63.1. The van der Waals surface area contributed by atoms with Gasteiger partial charge >= 0.3 is 39.5 Å². The molecule has 0 saturated heterocycles. The van der Waals surface area contributed by atoms with Crippen LogP contribution < -0.4 is 0 Å². The zero-order valence-electron chi connectivity index (χ0n) is 61.3. The summed E-state index contributed by atoms with van der Waals surface area (Å²) in [6, 6.07) is 0. The third-order valence-corrected chi connectivity index (χ3v) is 16.3. The number of carbonyl (C=O) groups excluding carboxylic acids is 4. The van der Waals surface area contributed by atoms with Crippen molar-refractivity contribution in [2.24, 2.45) is 0 Å². The van der Waals surface area contributed by atoms with Crippen molar-refractivity contribution in [2.45, 2.75) is 264 Å². The summed E-state index contributed by atoms with van der Waals surface area (Å²) in [5.74, 6) is -2.56. The number of esters is 4. The number of phosphoric acid groups is 2. The Kier molecular flexibility index (Phi) is 67.4. The SMILES string of the molecule is CC/C=C\C/C=C\C/C=C\C/C=C\C/C=C\CCCC(=O)OCC(COP(=O)(O)OCC(O)COP(=O)(O)OCC(COC(=O)C/C=C\C/C=C\C/C=C\C/C=C\C/C=C\CC)OC(=O)C/C=C\C/C=C\C/C=C\C/C=C\C/C=C\CC)OC(=O)CCCCCCCCCCCCCCC. The third-order valence-electron chi connectivity index (χ3n) is 14.4. The summed E-state index contributed by atoms with van der Waals surface area (Å²) in [5.41, 5.74) is 0. The highest BCUT2D eigenvalue weighted by Gasteiger charge is 2.30. The van der Waals surface area contributed by atoms with Crippen LogP contribution in [0.1, 0.15) is 246 Å². The summed E-state index contributed by atoms with van der Waals surface area (Å²) < 4.78 is 68.1. The number of carbonyl (C=O) groups is 4. The van der Waals surface area contributed by atoms with E-state index in [2.05, 4.69) is 149 Å². The first-order valence-corrected chi connectivity index (χ1v) is 40.0. The Bertz CT molecular complexity index is 2620. The van der Waals surface area contributed by atoms with Gasteiger partial charge in [-0.3, -0.25) is 37.3 Å². The number of aliphatic hydroxyl groups is 1. The van der Waals surface area contributed by atoms with E-state index >= 15 is 0 Å². The van der Waals surface area contributed by atoms with Crippen LogP contribution >= 0.6 is 15.6 Å². The van der Waals surface area contributed by atoms with Crippen LogP contribution in [0.25, 0.3) is 0 Å². The van der Waals surface area contributed by atoms with Crippen molar-refractivity contribution in [1.29, 1.82) is 0 Å². The monoisotopic (exact) mass is 1430 g/mol. The second kappa shape index (κ2) is 71.6. The van der Waals surface area contributed by atoms with Gasteiger partial charge in [0.05, 0.1) is 39.3 Å². The molecule has 0 heterocycles. The molecule has 0 aliphatic heterocycles. The topological polar surface area (TPSA) is 237 Å². The summed E-state index contributed by atoms with van der Waals surface area (Å²) in [5, 5.41) is 10.6. The molecule has 0 saturated carbocycles. The van der Waals surface area contributed by atoms with Crippen molar-refractivity contribution >= 4 is 39.5 Å². The quantitative estimate of drug-likeness (QED) is 0.0169. The van der Waals surface area contributed by atoms with Crippen LogP contribution in [0, 0.1) is 0 Å². The molecule has 0 bridgehead atoms. The van der Waals surface area contributed by atoms with E-state index in [9.17, 15) is 43.2 Å². The smallest absolute Gasteiger partial charge is 0.462 e. The molecule has 0 aromatic carbocycles. The molecule has 0 radical (unpaired) electrons. The van der Waals surface area contributed by atoms with Crippen LogP contribution in [0.4, 0.5) is 0 Å². The summed E-state index contributed by atoms with van der Waals surface area (Å²) in [4.78, 5) is 72.6. The lowest BCUT2D eigenvalue weighted by molar-refractivity contribution is -0.161. The summed E-state index contributed by atoms with van der Waals surface area (Å²) in [6.45, 7) is 4.19. The fourth-order valence-electron chi connectivity index (χ4n) is 8.93. The van der Waals surface area contributed by atoms with Gasteiger partial charge < -0.3 is 33.8 Å². The van der Waals surface area contributed by atoms with Crippen molar-refractivity contribution in [3.63, 3.8) is 0 Å². The first-order chi connectivity index (χ1) is 48.7. The fourth-order valence-corrected chi connectivity index (χ4v) is 10.5. The van der Waals surface area contributed by atoms with Crippen LogP contribution in [0.15, 0.2) is 182 Å². The normalized spacial score (nSPS) is 15.0. The number of hydrogen-bond acceptors (Lipinski definition) is 15. The average Bonchev–Trinajstić information content (AvgIpc) is 0.965. The van der Waals surface area contributed by atoms with E-state index < -0.39 is 97.5 Å². The van der Waals surface area contributed by atoms with E-state index in [1.165, 1.54) is 51.4 Å². The highest BCUT2D eigenvalue weighted by molar-refractivity contribution is 7.47. The minimum absolute atomic E-state index is 0.0743. The van der Waals surface area contributed by atoms with E-state index in [1.807, 2.05) is 36.5 Å².